The molecule has 1 fully saturated rings. The van der Waals surface area contributed by atoms with Crippen LogP contribution in [0.5, 0.6) is 0 Å². The van der Waals surface area contributed by atoms with Gasteiger partial charge in [0.2, 0.25) is 5.91 Å². The predicted octanol–water partition coefficient (Wildman–Crippen LogP) is 1.11. The van der Waals surface area contributed by atoms with Crippen molar-refractivity contribution in [1.29, 1.82) is 0 Å². The first-order valence-corrected chi connectivity index (χ1v) is 8.06. The zero-order valence-corrected chi connectivity index (χ0v) is 12.6. The molecular weight excluding hydrogens is 262 g/mol. The molecule has 1 aromatic carbocycles. The van der Waals surface area contributed by atoms with Gasteiger partial charge in [0.05, 0.1) is 5.92 Å². The lowest BCUT2D eigenvalue weighted by atomic mass is 9.77. The first-order valence-electron chi connectivity index (χ1n) is 8.06. The van der Waals surface area contributed by atoms with Crippen LogP contribution in [0.1, 0.15) is 29.9 Å². The summed E-state index contributed by atoms with van der Waals surface area (Å²) in [6.45, 7) is 4.22. The van der Waals surface area contributed by atoms with E-state index in [2.05, 4.69) is 34.5 Å². The Hall–Kier alpha value is -1.39. The number of nitrogens with two attached hydrogens (primary N) is 1. The average molecular weight is 287 g/mol. The number of hydrogen-bond donors (Lipinski definition) is 2. The Labute approximate surface area is 126 Å². The van der Waals surface area contributed by atoms with Crippen LogP contribution in [0.2, 0.25) is 0 Å². The van der Waals surface area contributed by atoms with Gasteiger partial charge in [0.25, 0.3) is 0 Å². The lowest BCUT2D eigenvalue weighted by Gasteiger charge is -2.38. The van der Waals surface area contributed by atoms with Gasteiger partial charge in [0.1, 0.15) is 0 Å². The third-order valence-electron chi connectivity index (χ3n) is 4.76. The molecule has 21 heavy (non-hydrogen) atoms. The molecule has 3 N–H and O–H groups in total. The number of carbonyl (C=O) groups excluding carboxylic acids is 1. The van der Waals surface area contributed by atoms with E-state index in [0.717, 1.165) is 32.5 Å². The molecule has 0 aromatic heterocycles. The molecular formula is C17H25N3O. The summed E-state index contributed by atoms with van der Waals surface area (Å²) in [6, 6.07) is 8.72. The Morgan fingerprint density at radius 1 is 1.38 bits per heavy atom. The minimum absolute atomic E-state index is 0.139. The van der Waals surface area contributed by atoms with Crippen molar-refractivity contribution in [3.63, 3.8) is 0 Å². The van der Waals surface area contributed by atoms with E-state index in [1.165, 1.54) is 17.5 Å². The van der Waals surface area contributed by atoms with Crippen LogP contribution in [-0.2, 0) is 11.2 Å². The van der Waals surface area contributed by atoms with E-state index in [0.29, 0.717) is 19.0 Å². The van der Waals surface area contributed by atoms with E-state index in [9.17, 15) is 4.79 Å². The van der Waals surface area contributed by atoms with Crippen LogP contribution in [0, 0.1) is 5.92 Å². The van der Waals surface area contributed by atoms with E-state index in [-0.39, 0.29) is 11.8 Å². The predicted molar refractivity (Wildman–Crippen MR) is 84.1 cm³/mol. The summed E-state index contributed by atoms with van der Waals surface area (Å²) in [6.07, 6.45) is 3.32. The molecule has 0 bridgehead atoms. The Kier molecular flexibility index (Phi) is 4.56. The third-order valence-corrected chi connectivity index (χ3v) is 4.76. The number of benzene rings is 1. The second-order valence-electron chi connectivity index (χ2n) is 6.28. The number of fused-ring (bicyclic) bond motifs is 1. The van der Waals surface area contributed by atoms with Crippen LogP contribution in [0.3, 0.4) is 0 Å². The lowest BCUT2D eigenvalue weighted by Crippen LogP contribution is -2.45. The van der Waals surface area contributed by atoms with Gasteiger partial charge in [-0.15, -0.1) is 0 Å². The lowest BCUT2D eigenvalue weighted by molar-refractivity contribution is -0.126. The van der Waals surface area contributed by atoms with Gasteiger partial charge in [-0.05, 0) is 36.9 Å². The summed E-state index contributed by atoms with van der Waals surface area (Å²) in [4.78, 5) is 14.5. The monoisotopic (exact) mass is 287 g/mol. The standard InChI is InChI=1S/C17H25N3O/c18-7-8-19-17(21)14-5-3-9-20(11-14)12-15-10-13-4-1-2-6-16(13)15/h1-2,4,6,14-15H,3,5,7-12,18H2,(H,19,21). The quantitative estimate of drug-likeness (QED) is 0.853. The Morgan fingerprint density at radius 3 is 3.05 bits per heavy atom. The largest absolute Gasteiger partial charge is 0.355 e. The summed E-state index contributed by atoms with van der Waals surface area (Å²) < 4.78 is 0. The van der Waals surface area contributed by atoms with Gasteiger partial charge in [-0.2, -0.15) is 0 Å². The summed E-state index contributed by atoms with van der Waals surface area (Å²) in [5.41, 5.74) is 8.45. The van der Waals surface area contributed by atoms with Crippen LogP contribution in [0.4, 0.5) is 0 Å². The topological polar surface area (TPSA) is 58.4 Å². The maximum absolute atomic E-state index is 12.1. The fourth-order valence-corrected chi connectivity index (χ4v) is 3.61. The van der Waals surface area contributed by atoms with Crippen LogP contribution >= 0.6 is 0 Å². The number of nitrogens with zero attached hydrogens (tertiary/aromatic N) is 1. The number of rotatable bonds is 5. The van der Waals surface area contributed by atoms with Crippen molar-refractivity contribution in [2.45, 2.75) is 25.2 Å². The SMILES string of the molecule is NCCNC(=O)C1CCCN(CC2Cc3ccccc32)C1. The van der Waals surface area contributed by atoms with Gasteiger partial charge in [-0.1, -0.05) is 24.3 Å². The number of amides is 1. The number of hydrogen-bond acceptors (Lipinski definition) is 3. The summed E-state index contributed by atoms with van der Waals surface area (Å²) in [7, 11) is 0. The highest BCUT2D eigenvalue weighted by Crippen LogP contribution is 2.36. The van der Waals surface area contributed by atoms with Crippen molar-refractivity contribution in [1.82, 2.24) is 10.2 Å². The van der Waals surface area contributed by atoms with Gasteiger partial charge >= 0.3 is 0 Å². The zero-order valence-electron chi connectivity index (χ0n) is 12.6. The summed E-state index contributed by atoms with van der Waals surface area (Å²) in [5.74, 6) is 0.979. The van der Waals surface area contributed by atoms with Gasteiger partial charge in [0, 0.05) is 32.1 Å². The highest BCUT2D eigenvalue weighted by Gasteiger charge is 2.31. The van der Waals surface area contributed by atoms with Gasteiger partial charge in [-0.3, -0.25) is 4.79 Å². The van der Waals surface area contributed by atoms with Crippen molar-refractivity contribution in [2.75, 3.05) is 32.7 Å². The zero-order chi connectivity index (χ0) is 14.7. The minimum atomic E-state index is 0.139. The van der Waals surface area contributed by atoms with Gasteiger partial charge < -0.3 is 16.0 Å². The molecule has 1 aliphatic heterocycles. The third kappa shape index (κ3) is 3.27. The fourth-order valence-electron chi connectivity index (χ4n) is 3.61. The number of piperidine rings is 1. The molecule has 1 aliphatic carbocycles. The van der Waals surface area contributed by atoms with Crippen LogP contribution in [0.15, 0.2) is 24.3 Å². The molecule has 4 nitrogen and oxygen atoms in total. The van der Waals surface area contributed by atoms with E-state index in [1.54, 1.807) is 0 Å². The first-order chi connectivity index (χ1) is 10.3. The number of likely N-dealkylation sites (tertiary alicyclic amines) is 1. The Bertz CT molecular complexity index is 503. The Morgan fingerprint density at radius 2 is 2.24 bits per heavy atom. The van der Waals surface area contributed by atoms with Crippen molar-refractivity contribution in [3.05, 3.63) is 35.4 Å². The molecule has 4 heteroatoms. The van der Waals surface area contributed by atoms with Crippen LogP contribution in [0.25, 0.3) is 0 Å². The molecule has 2 unspecified atom stereocenters. The molecule has 1 saturated heterocycles. The molecule has 114 valence electrons. The summed E-state index contributed by atoms with van der Waals surface area (Å²) in [5, 5.41) is 2.93. The van der Waals surface area contributed by atoms with Crippen molar-refractivity contribution in [2.24, 2.45) is 11.7 Å². The fraction of sp³-hybridized carbons (Fsp3) is 0.588. The molecule has 2 aliphatic rings. The molecule has 1 aromatic rings. The van der Waals surface area contributed by atoms with E-state index >= 15 is 0 Å². The highest BCUT2D eigenvalue weighted by molar-refractivity contribution is 5.78. The van der Waals surface area contributed by atoms with E-state index in [1.807, 2.05) is 0 Å². The smallest absolute Gasteiger partial charge is 0.224 e. The average Bonchev–Trinajstić information content (AvgIpc) is 2.50. The molecule has 3 rings (SSSR count). The maximum atomic E-state index is 12.1. The maximum Gasteiger partial charge on any atom is 0.224 e. The van der Waals surface area contributed by atoms with Gasteiger partial charge in [0.15, 0.2) is 0 Å². The highest BCUT2D eigenvalue weighted by atomic mass is 16.1. The van der Waals surface area contributed by atoms with Crippen molar-refractivity contribution >= 4 is 5.91 Å². The first kappa shape index (κ1) is 14.5. The second-order valence-corrected chi connectivity index (χ2v) is 6.28. The number of nitrogens with one attached hydrogen (secondary N) is 1. The molecule has 1 heterocycles. The van der Waals surface area contributed by atoms with Gasteiger partial charge in [-0.25, -0.2) is 0 Å². The molecule has 1 amide bonds. The van der Waals surface area contributed by atoms with Crippen molar-refractivity contribution < 1.29 is 4.79 Å². The van der Waals surface area contributed by atoms with Crippen molar-refractivity contribution in [3.8, 4) is 0 Å². The minimum Gasteiger partial charge on any atom is -0.355 e. The van der Waals surface area contributed by atoms with Crippen LogP contribution in [-0.4, -0.2) is 43.5 Å². The number of carbonyl (C=O) groups is 1. The van der Waals surface area contributed by atoms with E-state index in [4.69, 9.17) is 5.73 Å². The molecule has 0 spiro atoms. The molecule has 0 radical (unpaired) electrons. The van der Waals surface area contributed by atoms with Crippen LogP contribution < -0.4 is 11.1 Å². The molecule has 0 saturated carbocycles. The van der Waals surface area contributed by atoms with E-state index < -0.39 is 0 Å². The normalized spacial score (nSPS) is 25.0. The Balaban J connectivity index is 1.52. The summed E-state index contributed by atoms with van der Waals surface area (Å²) >= 11 is 0. The molecule has 2 atom stereocenters. The second kappa shape index (κ2) is 6.58.